The zero-order valence-electron chi connectivity index (χ0n) is 11.8. The van der Waals surface area contributed by atoms with Crippen molar-refractivity contribution in [2.45, 2.75) is 24.5 Å². The number of aliphatic hydroxyl groups is 1. The largest absolute Gasteiger partial charge is 0.477 e. The number of nitrogens with one attached hydrogen (secondary N) is 2. The lowest BCUT2D eigenvalue weighted by Crippen LogP contribution is -2.58. The van der Waals surface area contributed by atoms with Gasteiger partial charge in [-0.15, -0.1) is 0 Å². The zero-order chi connectivity index (χ0) is 14.7. The van der Waals surface area contributed by atoms with E-state index in [2.05, 4.69) is 10.6 Å². The minimum Gasteiger partial charge on any atom is -0.477 e. The molecule has 0 radical (unpaired) electrons. The van der Waals surface area contributed by atoms with Crippen LogP contribution in [0.1, 0.15) is 12.8 Å². The summed E-state index contributed by atoms with van der Waals surface area (Å²) in [5.74, 6) is 0.474. The molecule has 0 spiro atoms. The smallest absolute Gasteiger partial charge is 0.263 e. The molecule has 1 aromatic rings. The van der Waals surface area contributed by atoms with E-state index in [4.69, 9.17) is 9.47 Å². The van der Waals surface area contributed by atoms with Crippen molar-refractivity contribution in [2.24, 2.45) is 0 Å². The van der Waals surface area contributed by atoms with Gasteiger partial charge in [-0.25, -0.2) is 0 Å². The number of carbonyl (C=O) groups is 1. The lowest BCUT2D eigenvalue weighted by atomic mass is 9.90. The maximum absolute atomic E-state index is 12.4. The number of benzene rings is 1. The monoisotopic (exact) mass is 292 g/mol. The Morgan fingerprint density at radius 2 is 2.14 bits per heavy atom. The Balaban J connectivity index is 1.66. The maximum Gasteiger partial charge on any atom is 0.263 e. The molecule has 0 saturated carbocycles. The lowest BCUT2D eigenvalue weighted by molar-refractivity contribution is -0.131. The number of hydrogen-bond acceptors (Lipinski definition) is 5. The highest BCUT2D eigenvalue weighted by Gasteiger charge is 2.36. The molecule has 6 nitrogen and oxygen atoms in total. The number of ether oxygens (including phenoxy) is 2. The third-order valence-corrected chi connectivity index (χ3v) is 4.07. The molecule has 1 atom stereocenters. The Labute approximate surface area is 123 Å². The first-order valence-corrected chi connectivity index (χ1v) is 7.23. The van der Waals surface area contributed by atoms with Crippen LogP contribution in [0.4, 0.5) is 5.69 Å². The van der Waals surface area contributed by atoms with Gasteiger partial charge in [-0.3, -0.25) is 4.79 Å². The number of fused-ring (bicyclic) bond motifs is 1. The third-order valence-electron chi connectivity index (χ3n) is 4.07. The van der Waals surface area contributed by atoms with Crippen molar-refractivity contribution in [3.8, 4) is 5.75 Å². The zero-order valence-corrected chi connectivity index (χ0v) is 11.8. The average molecular weight is 292 g/mol. The summed E-state index contributed by atoms with van der Waals surface area (Å²) >= 11 is 0. The number of anilines is 1. The molecule has 0 aromatic heterocycles. The first kappa shape index (κ1) is 14.2. The molecule has 1 unspecified atom stereocenters. The van der Waals surface area contributed by atoms with E-state index >= 15 is 0 Å². The molecule has 6 heteroatoms. The van der Waals surface area contributed by atoms with E-state index in [1.54, 1.807) is 0 Å². The molecule has 114 valence electrons. The molecule has 1 saturated heterocycles. The fourth-order valence-corrected chi connectivity index (χ4v) is 2.69. The van der Waals surface area contributed by atoms with Crippen molar-refractivity contribution in [3.63, 3.8) is 0 Å². The summed E-state index contributed by atoms with van der Waals surface area (Å²) < 4.78 is 11.0. The number of hydrogen-bond donors (Lipinski definition) is 3. The minimum atomic E-state index is -0.592. The van der Waals surface area contributed by atoms with Crippen LogP contribution in [-0.2, 0) is 9.53 Å². The van der Waals surface area contributed by atoms with Crippen LogP contribution in [0.3, 0.4) is 0 Å². The van der Waals surface area contributed by atoms with E-state index in [-0.39, 0.29) is 12.5 Å². The van der Waals surface area contributed by atoms with Crippen LogP contribution in [-0.4, -0.2) is 49.0 Å². The van der Waals surface area contributed by atoms with Crippen LogP contribution in [0.5, 0.6) is 5.75 Å². The van der Waals surface area contributed by atoms with Crippen LogP contribution in [0, 0.1) is 0 Å². The molecule has 21 heavy (non-hydrogen) atoms. The van der Waals surface area contributed by atoms with E-state index < -0.39 is 11.6 Å². The molecule has 2 aliphatic rings. The third kappa shape index (κ3) is 2.96. The van der Waals surface area contributed by atoms with Gasteiger partial charge in [0.25, 0.3) is 5.91 Å². The second-order valence-corrected chi connectivity index (χ2v) is 5.52. The van der Waals surface area contributed by atoms with Gasteiger partial charge in [0.15, 0.2) is 6.10 Å². The summed E-state index contributed by atoms with van der Waals surface area (Å²) in [6.45, 7) is 1.43. The molecule has 3 rings (SSSR count). The quantitative estimate of drug-likeness (QED) is 0.757. The van der Waals surface area contributed by atoms with Gasteiger partial charge in [0.05, 0.1) is 24.4 Å². The second kappa shape index (κ2) is 5.91. The SMILES string of the molecule is O=C(NC1(CO)CCOCC1)C1CNc2ccccc2O1. The van der Waals surface area contributed by atoms with Crippen LogP contribution < -0.4 is 15.4 Å². The van der Waals surface area contributed by atoms with Crippen molar-refractivity contribution >= 4 is 11.6 Å². The molecular weight excluding hydrogens is 272 g/mol. The van der Waals surface area contributed by atoms with Gasteiger partial charge in [0.2, 0.25) is 0 Å². The second-order valence-electron chi connectivity index (χ2n) is 5.52. The number of rotatable bonds is 3. The van der Waals surface area contributed by atoms with Crippen LogP contribution in [0.2, 0.25) is 0 Å². The summed E-state index contributed by atoms with van der Waals surface area (Å²) in [6, 6.07) is 7.53. The predicted octanol–water partition coefficient (Wildman–Crippen LogP) is 0.517. The first-order chi connectivity index (χ1) is 10.2. The van der Waals surface area contributed by atoms with E-state index in [1.807, 2.05) is 24.3 Å². The number of carbonyl (C=O) groups excluding carboxylic acids is 1. The molecular formula is C15H20N2O4. The summed E-state index contributed by atoms with van der Waals surface area (Å²) in [5, 5.41) is 15.8. The summed E-state index contributed by atoms with van der Waals surface area (Å²) in [6.07, 6.45) is 0.643. The molecule has 1 fully saturated rings. The Morgan fingerprint density at radius 3 is 2.90 bits per heavy atom. The fraction of sp³-hybridized carbons (Fsp3) is 0.533. The molecule has 1 amide bonds. The summed E-state index contributed by atoms with van der Waals surface area (Å²) in [5.41, 5.74) is 0.305. The van der Waals surface area contributed by atoms with Gasteiger partial charge < -0.3 is 25.2 Å². The van der Waals surface area contributed by atoms with E-state index in [0.717, 1.165) is 5.69 Å². The summed E-state index contributed by atoms with van der Waals surface area (Å²) in [7, 11) is 0. The normalized spacial score (nSPS) is 23.4. The van der Waals surface area contributed by atoms with Crippen molar-refractivity contribution in [1.82, 2.24) is 5.32 Å². The highest BCUT2D eigenvalue weighted by molar-refractivity contribution is 5.83. The van der Waals surface area contributed by atoms with E-state index in [1.165, 1.54) is 0 Å². The van der Waals surface area contributed by atoms with Gasteiger partial charge in [0.1, 0.15) is 5.75 Å². The van der Waals surface area contributed by atoms with Gasteiger partial charge in [0, 0.05) is 13.2 Å². The molecule has 3 N–H and O–H groups in total. The van der Waals surface area contributed by atoms with Gasteiger partial charge in [-0.1, -0.05) is 12.1 Å². The minimum absolute atomic E-state index is 0.0845. The van der Waals surface area contributed by atoms with Crippen molar-refractivity contribution in [2.75, 3.05) is 31.7 Å². The summed E-state index contributed by atoms with van der Waals surface area (Å²) in [4.78, 5) is 12.4. The highest BCUT2D eigenvalue weighted by Crippen LogP contribution is 2.28. The number of para-hydroxylation sites is 2. The van der Waals surface area contributed by atoms with Crippen LogP contribution >= 0.6 is 0 Å². The Morgan fingerprint density at radius 1 is 1.38 bits per heavy atom. The van der Waals surface area contributed by atoms with Gasteiger partial charge in [-0.2, -0.15) is 0 Å². The molecule has 1 aromatic carbocycles. The predicted molar refractivity (Wildman–Crippen MR) is 77.4 cm³/mol. The Kier molecular flexibility index (Phi) is 3.98. The Hall–Kier alpha value is -1.79. The van der Waals surface area contributed by atoms with Crippen LogP contribution in [0.25, 0.3) is 0 Å². The van der Waals surface area contributed by atoms with E-state index in [0.29, 0.717) is 38.3 Å². The van der Waals surface area contributed by atoms with E-state index in [9.17, 15) is 9.90 Å². The van der Waals surface area contributed by atoms with Crippen molar-refractivity contribution < 1.29 is 19.4 Å². The molecule has 0 bridgehead atoms. The first-order valence-electron chi connectivity index (χ1n) is 7.23. The number of aliphatic hydroxyl groups excluding tert-OH is 1. The maximum atomic E-state index is 12.4. The molecule has 2 heterocycles. The number of amides is 1. The van der Waals surface area contributed by atoms with Crippen molar-refractivity contribution in [3.05, 3.63) is 24.3 Å². The fourth-order valence-electron chi connectivity index (χ4n) is 2.69. The topological polar surface area (TPSA) is 79.8 Å². The standard InChI is InChI=1S/C15H20N2O4/c18-10-15(5-7-20-8-6-15)17-14(19)13-9-16-11-3-1-2-4-12(11)21-13/h1-4,13,16,18H,5-10H2,(H,17,19). The molecule has 2 aliphatic heterocycles. The average Bonchev–Trinajstić information content (AvgIpc) is 2.55. The lowest BCUT2D eigenvalue weighted by Gasteiger charge is -2.38. The molecule has 0 aliphatic carbocycles. The Bertz CT molecular complexity index is 514. The van der Waals surface area contributed by atoms with Gasteiger partial charge in [-0.05, 0) is 25.0 Å². The van der Waals surface area contributed by atoms with Crippen molar-refractivity contribution in [1.29, 1.82) is 0 Å². The van der Waals surface area contributed by atoms with Gasteiger partial charge >= 0.3 is 0 Å². The van der Waals surface area contributed by atoms with Crippen LogP contribution in [0.15, 0.2) is 24.3 Å². The highest BCUT2D eigenvalue weighted by atomic mass is 16.5.